The lowest BCUT2D eigenvalue weighted by Gasteiger charge is -2.07. The number of carbonyl (C=O) groups excluding carboxylic acids is 1. The van der Waals surface area contributed by atoms with Crippen LogP contribution in [-0.2, 0) is 11.3 Å². The SMILES string of the molecule is O=C(Nc1ccc(-c2cnc[nH]2)cc1)OCc1ccccc1. The lowest BCUT2D eigenvalue weighted by atomic mass is 10.1. The van der Waals surface area contributed by atoms with E-state index in [1.54, 1.807) is 12.5 Å². The first kappa shape index (κ1) is 13.9. The Kier molecular flexibility index (Phi) is 4.15. The Morgan fingerprint density at radius 1 is 1.09 bits per heavy atom. The zero-order chi connectivity index (χ0) is 15.2. The number of imidazole rings is 1. The van der Waals surface area contributed by atoms with Crippen LogP contribution in [0.3, 0.4) is 0 Å². The molecule has 0 spiro atoms. The van der Waals surface area contributed by atoms with Crippen molar-refractivity contribution >= 4 is 11.8 Å². The highest BCUT2D eigenvalue weighted by Gasteiger charge is 2.04. The van der Waals surface area contributed by atoms with Crippen LogP contribution in [0.4, 0.5) is 10.5 Å². The Hall–Kier alpha value is -3.08. The maximum absolute atomic E-state index is 11.7. The first-order chi connectivity index (χ1) is 10.8. The Morgan fingerprint density at radius 3 is 2.55 bits per heavy atom. The molecule has 1 aromatic heterocycles. The lowest BCUT2D eigenvalue weighted by molar-refractivity contribution is 0.155. The summed E-state index contributed by atoms with van der Waals surface area (Å²) < 4.78 is 5.17. The predicted octanol–water partition coefficient (Wildman–Crippen LogP) is 3.83. The van der Waals surface area contributed by atoms with Gasteiger partial charge in [0.2, 0.25) is 0 Å². The van der Waals surface area contributed by atoms with E-state index < -0.39 is 6.09 Å². The molecule has 0 saturated carbocycles. The molecule has 0 aliphatic heterocycles. The molecule has 110 valence electrons. The molecule has 0 atom stereocenters. The number of aromatic nitrogens is 2. The third kappa shape index (κ3) is 3.52. The summed E-state index contributed by atoms with van der Waals surface area (Å²) in [5.41, 5.74) is 3.56. The highest BCUT2D eigenvalue weighted by Crippen LogP contribution is 2.18. The van der Waals surface area contributed by atoms with E-state index >= 15 is 0 Å². The van der Waals surface area contributed by atoms with Crippen LogP contribution < -0.4 is 5.32 Å². The van der Waals surface area contributed by atoms with Crippen molar-refractivity contribution in [3.63, 3.8) is 0 Å². The second kappa shape index (κ2) is 6.58. The van der Waals surface area contributed by atoms with Crippen molar-refractivity contribution in [3.05, 3.63) is 72.7 Å². The van der Waals surface area contributed by atoms with E-state index in [9.17, 15) is 4.79 Å². The van der Waals surface area contributed by atoms with Crippen LogP contribution in [0.25, 0.3) is 11.3 Å². The molecule has 2 aromatic carbocycles. The second-order valence-electron chi connectivity index (χ2n) is 4.73. The number of H-pyrrole nitrogens is 1. The fourth-order valence-electron chi connectivity index (χ4n) is 2.02. The fourth-order valence-corrected chi connectivity index (χ4v) is 2.02. The first-order valence-electron chi connectivity index (χ1n) is 6.88. The summed E-state index contributed by atoms with van der Waals surface area (Å²) in [6.45, 7) is 0.249. The second-order valence-corrected chi connectivity index (χ2v) is 4.73. The smallest absolute Gasteiger partial charge is 0.411 e. The van der Waals surface area contributed by atoms with Crippen LogP contribution in [0.2, 0.25) is 0 Å². The van der Waals surface area contributed by atoms with E-state index in [4.69, 9.17) is 4.74 Å². The van der Waals surface area contributed by atoms with Gasteiger partial charge in [0.1, 0.15) is 6.61 Å². The average Bonchev–Trinajstić information content (AvgIpc) is 3.09. The predicted molar refractivity (Wildman–Crippen MR) is 84.3 cm³/mol. The van der Waals surface area contributed by atoms with Crippen molar-refractivity contribution in [1.82, 2.24) is 9.97 Å². The third-order valence-electron chi connectivity index (χ3n) is 3.15. The van der Waals surface area contributed by atoms with Gasteiger partial charge in [0.15, 0.2) is 0 Å². The van der Waals surface area contributed by atoms with Gasteiger partial charge in [-0.05, 0) is 23.3 Å². The number of nitrogens with zero attached hydrogens (tertiary/aromatic N) is 1. The summed E-state index contributed by atoms with van der Waals surface area (Å²) in [7, 11) is 0. The number of nitrogens with one attached hydrogen (secondary N) is 2. The van der Waals surface area contributed by atoms with E-state index in [-0.39, 0.29) is 6.61 Å². The van der Waals surface area contributed by atoms with Gasteiger partial charge in [-0.15, -0.1) is 0 Å². The van der Waals surface area contributed by atoms with Crippen molar-refractivity contribution in [2.24, 2.45) is 0 Å². The van der Waals surface area contributed by atoms with Crippen molar-refractivity contribution in [1.29, 1.82) is 0 Å². The number of hydrogen-bond acceptors (Lipinski definition) is 3. The van der Waals surface area contributed by atoms with Crippen LogP contribution in [-0.4, -0.2) is 16.1 Å². The molecule has 0 fully saturated rings. The number of amides is 1. The monoisotopic (exact) mass is 293 g/mol. The van der Waals surface area contributed by atoms with Gasteiger partial charge in [-0.1, -0.05) is 42.5 Å². The molecule has 2 N–H and O–H groups in total. The molecule has 3 aromatic rings. The Bertz CT molecular complexity index is 722. The zero-order valence-electron chi connectivity index (χ0n) is 11.8. The molecule has 3 rings (SSSR count). The van der Waals surface area contributed by atoms with E-state index in [2.05, 4.69) is 15.3 Å². The Balaban J connectivity index is 1.55. The number of hydrogen-bond donors (Lipinski definition) is 2. The van der Waals surface area contributed by atoms with Gasteiger partial charge in [-0.3, -0.25) is 5.32 Å². The molecule has 0 aliphatic rings. The van der Waals surface area contributed by atoms with Crippen LogP contribution in [0.1, 0.15) is 5.56 Å². The standard InChI is InChI=1S/C17H15N3O2/c21-17(22-11-13-4-2-1-3-5-13)20-15-8-6-14(7-9-15)16-10-18-12-19-16/h1-10,12H,11H2,(H,18,19)(H,20,21). The zero-order valence-corrected chi connectivity index (χ0v) is 11.8. The molecule has 22 heavy (non-hydrogen) atoms. The van der Waals surface area contributed by atoms with E-state index in [1.165, 1.54) is 0 Å². The quantitative estimate of drug-likeness (QED) is 0.768. The van der Waals surface area contributed by atoms with Crippen LogP contribution in [0.15, 0.2) is 67.1 Å². The summed E-state index contributed by atoms with van der Waals surface area (Å²) in [6, 6.07) is 17.0. The van der Waals surface area contributed by atoms with Crippen molar-refractivity contribution in [2.75, 3.05) is 5.32 Å². The van der Waals surface area contributed by atoms with E-state index in [1.807, 2.05) is 54.6 Å². The molecule has 1 heterocycles. The van der Waals surface area contributed by atoms with Crippen LogP contribution >= 0.6 is 0 Å². The number of aromatic amines is 1. The minimum Gasteiger partial charge on any atom is -0.444 e. The summed E-state index contributed by atoms with van der Waals surface area (Å²) >= 11 is 0. The molecule has 0 saturated heterocycles. The molecule has 1 amide bonds. The fraction of sp³-hybridized carbons (Fsp3) is 0.0588. The molecular weight excluding hydrogens is 278 g/mol. The number of benzene rings is 2. The number of ether oxygens (including phenoxy) is 1. The van der Waals surface area contributed by atoms with E-state index in [0.29, 0.717) is 5.69 Å². The molecule has 5 heteroatoms. The minimum absolute atomic E-state index is 0.249. The van der Waals surface area contributed by atoms with Crippen LogP contribution in [0.5, 0.6) is 0 Å². The largest absolute Gasteiger partial charge is 0.444 e. The van der Waals surface area contributed by atoms with Crippen molar-refractivity contribution < 1.29 is 9.53 Å². The Labute approximate surface area is 128 Å². The van der Waals surface area contributed by atoms with Crippen molar-refractivity contribution in [2.45, 2.75) is 6.61 Å². The molecule has 0 aliphatic carbocycles. The number of anilines is 1. The maximum Gasteiger partial charge on any atom is 0.411 e. The summed E-state index contributed by atoms with van der Waals surface area (Å²) in [6.07, 6.45) is 2.90. The average molecular weight is 293 g/mol. The highest BCUT2D eigenvalue weighted by molar-refractivity contribution is 5.85. The van der Waals surface area contributed by atoms with Gasteiger partial charge in [-0.25, -0.2) is 9.78 Å². The Morgan fingerprint density at radius 2 is 1.86 bits per heavy atom. The van der Waals surface area contributed by atoms with E-state index in [0.717, 1.165) is 16.8 Å². The third-order valence-corrected chi connectivity index (χ3v) is 3.15. The normalized spacial score (nSPS) is 10.2. The maximum atomic E-state index is 11.7. The van der Waals surface area contributed by atoms with Gasteiger partial charge in [0.05, 0.1) is 18.2 Å². The van der Waals surface area contributed by atoms with Gasteiger partial charge >= 0.3 is 6.09 Å². The number of rotatable bonds is 4. The van der Waals surface area contributed by atoms with Gasteiger partial charge in [-0.2, -0.15) is 0 Å². The molecule has 0 radical (unpaired) electrons. The van der Waals surface area contributed by atoms with Crippen molar-refractivity contribution in [3.8, 4) is 11.3 Å². The first-order valence-corrected chi connectivity index (χ1v) is 6.88. The summed E-state index contributed by atoms with van der Waals surface area (Å²) in [5, 5.41) is 2.70. The molecular formula is C17H15N3O2. The molecule has 0 bridgehead atoms. The molecule has 0 unspecified atom stereocenters. The van der Waals surface area contributed by atoms with Crippen LogP contribution in [0, 0.1) is 0 Å². The summed E-state index contributed by atoms with van der Waals surface area (Å²) in [5.74, 6) is 0. The van der Waals surface area contributed by atoms with Gasteiger partial charge in [0.25, 0.3) is 0 Å². The van der Waals surface area contributed by atoms with Gasteiger partial charge in [0, 0.05) is 5.69 Å². The highest BCUT2D eigenvalue weighted by atomic mass is 16.5. The minimum atomic E-state index is -0.474. The summed E-state index contributed by atoms with van der Waals surface area (Å²) in [4.78, 5) is 18.8. The number of carbonyl (C=O) groups is 1. The molecule has 5 nitrogen and oxygen atoms in total. The van der Waals surface area contributed by atoms with Gasteiger partial charge < -0.3 is 9.72 Å². The topological polar surface area (TPSA) is 67.0 Å². The lowest BCUT2D eigenvalue weighted by Crippen LogP contribution is -2.13.